The minimum atomic E-state index is -0.468. The van der Waals surface area contributed by atoms with Crippen molar-refractivity contribution in [3.63, 3.8) is 0 Å². The van der Waals surface area contributed by atoms with Crippen LogP contribution in [0.25, 0.3) is 0 Å². The van der Waals surface area contributed by atoms with E-state index in [9.17, 15) is 0 Å². The van der Waals surface area contributed by atoms with Gasteiger partial charge in [-0.15, -0.1) is 0 Å². The summed E-state index contributed by atoms with van der Waals surface area (Å²) in [7, 11) is -0.468. The summed E-state index contributed by atoms with van der Waals surface area (Å²) in [5.74, 6) is 1.39. The summed E-state index contributed by atoms with van der Waals surface area (Å²) in [6.07, 6.45) is -0.138. The van der Waals surface area contributed by atoms with Crippen LogP contribution < -0.4 is 20.7 Å². The number of fused-ring (bicyclic) bond motifs is 1. The van der Waals surface area contributed by atoms with Crippen LogP contribution >= 0.6 is 0 Å². The Morgan fingerprint density at radius 3 is 2.48 bits per heavy atom. The van der Waals surface area contributed by atoms with Crippen LogP contribution in [0.4, 0.5) is 0 Å². The first-order valence-electron chi connectivity index (χ1n) is 7.32. The van der Waals surface area contributed by atoms with Crippen molar-refractivity contribution in [1.82, 2.24) is 0 Å². The maximum Gasteiger partial charge on any atom is 0.498 e. The fourth-order valence-corrected chi connectivity index (χ4v) is 2.43. The minimum Gasteiger partial charge on any atom is -0.486 e. The Balaban J connectivity index is 1.94. The molecule has 0 aliphatic carbocycles. The number of ether oxygens (including phenoxy) is 2. The van der Waals surface area contributed by atoms with Gasteiger partial charge in [-0.2, -0.15) is 0 Å². The quantitative estimate of drug-likeness (QED) is 0.826. The zero-order chi connectivity index (χ0) is 15.3. The molecule has 2 aliphatic heterocycles. The summed E-state index contributed by atoms with van der Waals surface area (Å²) in [5, 5.41) is 0. The van der Waals surface area contributed by atoms with Crippen molar-refractivity contribution in [3.8, 4) is 11.5 Å². The molecule has 1 atom stereocenters. The summed E-state index contributed by atoms with van der Waals surface area (Å²) >= 11 is 0. The molecular weight excluding hydrogens is 269 g/mol. The standard InChI is InChI=1S/C15H22BNO4/c1-14(2)15(3,4)21-16(20-14)11-6-5-7-12-13(11)19-10(8-17)9-18-12/h5-7,10H,8-9,17H2,1-4H3. The van der Waals surface area contributed by atoms with Crippen LogP contribution in [-0.2, 0) is 9.31 Å². The van der Waals surface area contributed by atoms with Gasteiger partial charge in [-0.05, 0) is 33.8 Å². The third kappa shape index (κ3) is 2.41. The second-order valence-corrected chi connectivity index (χ2v) is 6.55. The maximum absolute atomic E-state index is 6.10. The Hall–Kier alpha value is -1.24. The molecule has 1 saturated heterocycles. The van der Waals surface area contributed by atoms with Crippen LogP contribution in [0.5, 0.6) is 11.5 Å². The predicted octanol–water partition coefficient (Wildman–Crippen LogP) is 1.08. The molecule has 2 N–H and O–H groups in total. The molecule has 114 valence electrons. The lowest BCUT2D eigenvalue weighted by atomic mass is 9.78. The van der Waals surface area contributed by atoms with E-state index in [2.05, 4.69) is 0 Å². The highest BCUT2D eigenvalue weighted by atomic mass is 16.7. The summed E-state index contributed by atoms with van der Waals surface area (Å²) in [4.78, 5) is 0. The smallest absolute Gasteiger partial charge is 0.486 e. The van der Waals surface area contributed by atoms with Crippen LogP contribution in [0, 0.1) is 0 Å². The van der Waals surface area contributed by atoms with Crippen molar-refractivity contribution in [2.45, 2.75) is 45.0 Å². The fourth-order valence-electron chi connectivity index (χ4n) is 2.43. The minimum absolute atomic E-state index is 0.138. The topological polar surface area (TPSA) is 62.9 Å². The van der Waals surface area contributed by atoms with E-state index in [1.807, 2.05) is 45.9 Å². The average Bonchev–Trinajstić information content (AvgIpc) is 2.66. The number of nitrogens with two attached hydrogens (primary N) is 1. The van der Waals surface area contributed by atoms with Crippen LogP contribution in [0.1, 0.15) is 27.7 Å². The van der Waals surface area contributed by atoms with E-state index in [0.29, 0.717) is 24.7 Å². The Morgan fingerprint density at radius 2 is 1.86 bits per heavy atom. The van der Waals surface area contributed by atoms with Crippen molar-refractivity contribution in [1.29, 1.82) is 0 Å². The summed E-state index contributed by atoms with van der Waals surface area (Å²) < 4.78 is 23.9. The van der Waals surface area contributed by atoms with Gasteiger partial charge in [-0.1, -0.05) is 12.1 Å². The number of hydrogen-bond donors (Lipinski definition) is 1. The van der Waals surface area contributed by atoms with Gasteiger partial charge >= 0.3 is 7.12 Å². The molecule has 0 amide bonds. The van der Waals surface area contributed by atoms with Gasteiger partial charge in [0, 0.05) is 12.0 Å². The summed E-state index contributed by atoms with van der Waals surface area (Å²) in [6, 6.07) is 5.76. The molecule has 5 nitrogen and oxygen atoms in total. The molecule has 2 aliphatic rings. The van der Waals surface area contributed by atoms with Crippen molar-refractivity contribution in [2.75, 3.05) is 13.2 Å². The number of rotatable bonds is 2. The lowest BCUT2D eigenvalue weighted by Gasteiger charge is -2.32. The van der Waals surface area contributed by atoms with Crippen molar-refractivity contribution in [2.24, 2.45) is 5.73 Å². The Labute approximate surface area is 125 Å². The zero-order valence-electron chi connectivity index (χ0n) is 13.0. The number of para-hydroxylation sites is 1. The molecule has 2 heterocycles. The summed E-state index contributed by atoms with van der Waals surface area (Å²) in [6.45, 7) is 9.00. The SMILES string of the molecule is CC1(C)OB(c2cccc3c2OC(CN)CO3)OC1(C)C. The maximum atomic E-state index is 6.10. The number of hydrogen-bond acceptors (Lipinski definition) is 5. The Morgan fingerprint density at radius 1 is 1.19 bits per heavy atom. The molecule has 0 aromatic heterocycles. The Kier molecular flexibility index (Phi) is 3.43. The van der Waals surface area contributed by atoms with Gasteiger partial charge in [-0.3, -0.25) is 0 Å². The molecule has 0 bridgehead atoms. The lowest BCUT2D eigenvalue weighted by molar-refractivity contribution is 0.00578. The molecular formula is C15H22BNO4. The highest BCUT2D eigenvalue weighted by Crippen LogP contribution is 2.39. The van der Waals surface area contributed by atoms with Crippen LogP contribution in [0.2, 0.25) is 0 Å². The van der Waals surface area contributed by atoms with Crippen molar-refractivity contribution in [3.05, 3.63) is 18.2 Å². The van der Waals surface area contributed by atoms with E-state index < -0.39 is 7.12 Å². The Bertz CT molecular complexity index is 530. The van der Waals surface area contributed by atoms with Gasteiger partial charge in [0.2, 0.25) is 0 Å². The van der Waals surface area contributed by atoms with Crippen LogP contribution in [0.15, 0.2) is 18.2 Å². The second kappa shape index (κ2) is 4.90. The second-order valence-electron chi connectivity index (χ2n) is 6.55. The van der Waals surface area contributed by atoms with Gasteiger partial charge in [0.15, 0.2) is 11.5 Å². The van der Waals surface area contributed by atoms with E-state index in [-0.39, 0.29) is 17.3 Å². The molecule has 0 radical (unpaired) electrons. The van der Waals surface area contributed by atoms with Gasteiger partial charge in [-0.25, -0.2) is 0 Å². The van der Waals surface area contributed by atoms with Crippen molar-refractivity contribution < 1.29 is 18.8 Å². The first-order valence-corrected chi connectivity index (χ1v) is 7.32. The molecule has 21 heavy (non-hydrogen) atoms. The molecule has 1 fully saturated rings. The van der Waals surface area contributed by atoms with Gasteiger partial charge in [0.1, 0.15) is 12.7 Å². The monoisotopic (exact) mass is 291 g/mol. The first kappa shape index (κ1) is 14.7. The van der Waals surface area contributed by atoms with Crippen molar-refractivity contribution >= 4 is 12.6 Å². The van der Waals surface area contributed by atoms with E-state index in [1.165, 1.54) is 0 Å². The normalized spacial score (nSPS) is 26.0. The average molecular weight is 291 g/mol. The molecule has 1 unspecified atom stereocenters. The molecule has 1 aromatic rings. The fraction of sp³-hybridized carbons (Fsp3) is 0.600. The highest BCUT2D eigenvalue weighted by molar-refractivity contribution is 6.63. The van der Waals surface area contributed by atoms with E-state index >= 15 is 0 Å². The third-order valence-corrected chi connectivity index (χ3v) is 4.49. The van der Waals surface area contributed by atoms with E-state index in [1.54, 1.807) is 0 Å². The largest absolute Gasteiger partial charge is 0.498 e. The summed E-state index contributed by atoms with van der Waals surface area (Å²) in [5.41, 5.74) is 5.76. The predicted molar refractivity (Wildman–Crippen MR) is 81.1 cm³/mol. The molecule has 1 aromatic carbocycles. The zero-order valence-corrected chi connectivity index (χ0v) is 13.0. The molecule has 0 spiro atoms. The molecule has 0 saturated carbocycles. The van der Waals surface area contributed by atoms with Gasteiger partial charge in [0.05, 0.1) is 11.2 Å². The van der Waals surface area contributed by atoms with Gasteiger partial charge in [0.25, 0.3) is 0 Å². The first-order chi connectivity index (χ1) is 9.84. The lowest BCUT2D eigenvalue weighted by Crippen LogP contribution is -2.41. The van der Waals surface area contributed by atoms with Gasteiger partial charge < -0.3 is 24.5 Å². The highest BCUT2D eigenvalue weighted by Gasteiger charge is 2.53. The van der Waals surface area contributed by atoms with E-state index in [0.717, 1.165) is 5.46 Å². The molecule has 6 heteroatoms. The van der Waals surface area contributed by atoms with Crippen LogP contribution in [0.3, 0.4) is 0 Å². The molecule has 3 rings (SSSR count). The van der Waals surface area contributed by atoms with Crippen LogP contribution in [-0.4, -0.2) is 37.6 Å². The number of benzene rings is 1. The van der Waals surface area contributed by atoms with E-state index in [4.69, 9.17) is 24.5 Å². The third-order valence-electron chi connectivity index (χ3n) is 4.49.